The molecule has 1 fully saturated rings. The van der Waals surface area contributed by atoms with E-state index in [0.29, 0.717) is 30.3 Å². The zero-order chi connectivity index (χ0) is 19.0. The van der Waals surface area contributed by atoms with Gasteiger partial charge in [0.2, 0.25) is 11.8 Å². The molecular formula is C19H19N3O5. The Hall–Kier alpha value is -3.29. The predicted octanol–water partition coefficient (Wildman–Crippen LogP) is 0.908. The maximum absolute atomic E-state index is 13.1. The standard InChI is InChI=1S/C19H19N3O5/c20-18(24)16-11-22(14-5-1-2-6-15(14)27-16)19(25)12-8-17(23)21(9-12)10-13-4-3-7-26-13/h1-7,12,16H,8-11H2,(H2,20,24)/t12-,16+/m1/s1. The van der Waals surface area contributed by atoms with E-state index in [-0.39, 0.29) is 24.8 Å². The summed E-state index contributed by atoms with van der Waals surface area (Å²) in [6.07, 6.45) is 0.758. The minimum atomic E-state index is -0.917. The molecule has 3 heterocycles. The van der Waals surface area contributed by atoms with Gasteiger partial charge in [0.15, 0.2) is 6.10 Å². The number of ether oxygens (including phenoxy) is 1. The first-order valence-electron chi connectivity index (χ1n) is 8.69. The minimum absolute atomic E-state index is 0.0358. The van der Waals surface area contributed by atoms with Gasteiger partial charge in [0.05, 0.1) is 31.0 Å². The average Bonchev–Trinajstić information content (AvgIpc) is 3.30. The predicted molar refractivity (Wildman–Crippen MR) is 94.6 cm³/mol. The van der Waals surface area contributed by atoms with Gasteiger partial charge in [-0.25, -0.2) is 0 Å². The van der Waals surface area contributed by atoms with E-state index in [1.165, 1.54) is 4.90 Å². The van der Waals surface area contributed by atoms with Crippen molar-refractivity contribution >= 4 is 23.4 Å². The molecule has 3 amide bonds. The number of benzene rings is 1. The van der Waals surface area contributed by atoms with Gasteiger partial charge in [0, 0.05) is 13.0 Å². The van der Waals surface area contributed by atoms with Crippen LogP contribution in [0.2, 0.25) is 0 Å². The van der Waals surface area contributed by atoms with E-state index in [4.69, 9.17) is 14.9 Å². The lowest BCUT2D eigenvalue weighted by molar-refractivity contribution is -0.129. The highest BCUT2D eigenvalue weighted by Crippen LogP contribution is 2.35. The number of carbonyl (C=O) groups excluding carboxylic acids is 3. The summed E-state index contributed by atoms with van der Waals surface area (Å²) in [4.78, 5) is 40.2. The van der Waals surface area contributed by atoms with Gasteiger partial charge >= 0.3 is 0 Å². The Kier molecular flexibility index (Phi) is 4.31. The van der Waals surface area contributed by atoms with Crippen LogP contribution in [0.3, 0.4) is 0 Å². The van der Waals surface area contributed by atoms with Gasteiger partial charge in [0.25, 0.3) is 5.91 Å². The molecule has 2 aliphatic heterocycles. The summed E-state index contributed by atoms with van der Waals surface area (Å²) in [5.74, 6) is -0.346. The Balaban J connectivity index is 1.53. The third kappa shape index (κ3) is 3.25. The zero-order valence-electron chi connectivity index (χ0n) is 14.5. The summed E-state index contributed by atoms with van der Waals surface area (Å²) < 4.78 is 10.9. The van der Waals surface area contributed by atoms with Crippen molar-refractivity contribution in [3.8, 4) is 5.75 Å². The van der Waals surface area contributed by atoms with Crippen LogP contribution in [-0.2, 0) is 20.9 Å². The number of rotatable bonds is 4. The highest BCUT2D eigenvalue weighted by atomic mass is 16.5. The normalized spacial score (nSPS) is 21.7. The molecule has 8 heteroatoms. The molecule has 0 aliphatic carbocycles. The van der Waals surface area contributed by atoms with Crippen molar-refractivity contribution in [1.82, 2.24) is 4.90 Å². The number of nitrogens with zero attached hydrogens (tertiary/aromatic N) is 2. The number of anilines is 1. The lowest BCUT2D eigenvalue weighted by atomic mass is 10.0. The van der Waals surface area contributed by atoms with E-state index in [1.807, 2.05) is 0 Å². The highest BCUT2D eigenvalue weighted by Gasteiger charge is 2.40. The number of hydrogen-bond acceptors (Lipinski definition) is 5. The maximum atomic E-state index is 13.1. The quantitative estimate of drug-likeness (QED) is 0.862. The molecule has 0 spiro atoms. The van der Waals surface area contributed by atoms with E-state index < -0.39 is 17.9 Å². The van der Waals surface area contributed by atoms with Crippen molar-refractivity contribution in [3.63, 3.8) is 0 Å². The second kappa shape index (κ2) is 6.79. The van der Waals surface area contributed by atoms with Crippen molar-refractivity contribution in [3.05, 3.63) is 48.4 Å². The number of likely N-dealkylation sites (tertiary alicyclic amines) is 1. The summed E-state index contributed by atoms with van der Waals surface area (Å²) in [6.45, 7) is 0.673. The summed E-state index contributed by atoms with van der Waals surface area (Å²) in [7, 11) is 0. The lowest BCUT2D eigenvalue weighted by Gasteiger charge is -2.34. The number of hydrogen-bond donors (Lipinski definition) is 1. The molecule has 0 unspecified atom stereocenters. The van der Waals surface area contributed by atoms with Gasteiger partial charge in [-0.1, -0.05) is 12.1 Å². The van der Waals surface area contributed by atoms with Crippen LogP contribution in [0.15, 0.2) is 47.1 Å². The van der Waals surface area contributed by atoms with Crippen LogP contribution in [0, 0.1) is 5.92 Å². The Morgan fingerprint density at radius 3 is 2.70 bits per heavy atom. The third-order valence-electron chi connectivity index (χ3n) is 4.85. The zero-order valence-corrected chi connectivity index (χ0v) is 14.5. The molecule has 8 nitrogen and oxygen atoms in total. The van der Waals surface area contributed by atoms with Gasteiger partial charge in [-0.15, -0.1) is 0 Å². The minimum Gasteiger partial charge on any atom is -0.477 e. The van der Waals surface area contributed by atoms with Gasteiger partial charge in [-0.2, -0.15) is 0 Å². The topological polar surface area (TPSA) is 106 Å². The number of amides is 3. The van der Waals surface area contributed by atoms with Gasteiger partial charge in [-0.05, 0) is 24.3 Å². The van der Waals surface area contributed by atoms with Gasteiger partial charge in [0.1, 0.15) is 11.5 Å². The summed E-state index contributed by atoms with van der Waals surface area (Å²) in [5, 5.41) is 0. The van der Waals surface area contributed by atoms with Gasteiger partial charge in [-0.3, -0.25) is 14.4 Å². The molecular weight excluding hydrogens is 350 g/mol. The van der Waals surface area contributed by atoms with E-state index in [0.717, 1.165) is 0 Å². The summed E-state index contributed by atoms with van der Waals surface area (Å²) in [5.41, 5.74) is 5.97. The SMILES string of the molecule is NC(=O)[C@@H]1CN(C(=O)[C@@H]2CC(=O)N(Cc3ccco3)C2)c2ccccc2O1. The first-order chi connectivity index (χ1) is 13.0. The number of carbonyl (C=O) groups is 3. The summed E-state index contributed by atoms with van der Waals surface area (Å²) in [6, 6.07) is 10.5. The second-order valence-electron chi connectivity index (χ2n) is 6.68. The third-order valence-corrected chi connectivity index (χ3v) is 4.85. The molecule has 1 aromatic heterocycles. The fourth-order valence-electron chi connectivity index (χ4n) is 3.49. The number of nitrogens with two attached hydrogens (primary N) is 1. The van der Waals surface area contributed by atoms with Crippen LogP contribution >= 0.6 is 0 Å². The van der Waals surface area contributed by atoms with Crippen molar-refractivity contribution in [2.24, 2.45) is 11.7 Å². The van der Waals surface area contributed by atoms with E-state index in [9.17, 15) is 14.4 Å². The van der Waals surface area contributed by atoms with Crippen LogP contribution < -0.4 is 15.4 Å². The van der Waals surface area contributed by atoms with E-state index >= 15 is 0 Å². The fraction of sp³-hybridized carbons (Fsp3) is 0.316. The van der Waals surface area contributed by atoms with Crippen molar-refractivity contribution in [1.29, 1.82) is 0 Å². The molecule has 1 saturated heterocycles. The van der Waals surface area contributed by atoms with E-state index in [2.05, 4.69) is 0 Å². The molecule has 0 bridgehead atoms. The molecule has 27 heavy (non-hydrogen) atoms. The van der Waals surface area contributed by atoms with E-state index in [1.54, 1.807) is 47.6 Å². The Morgan fingerprint density at radius 1 is 1.15 bits per heavy atom. The fourth-order valence-corrected chi connectivity index (χ4v) is 3.49. The molecule has 0 radical (unpaired) electrons. The van der Waals surface area contributed by atoms with Crippen LogP contribution in [-0.4, -0.2) is 41.8 Å². The van der Waals surface area contributed by atoms with Crippen molar-refractivity contribution in [2.45, 2.75) is 19.1 Å². The molecule has 2 N–H and O–H groups in total. The van der Waals surface area contributed by atoms with Crippen LogP contribution in [0.25, 0.3) is 0 Å². The van der Waals surface area contributed by atoms with Gasteiger partial charge < -0.3 is 24.7 Å². The van der Waals surface area contributed by atoms with Crippen molar-refractivity contribution in [2.75, 3.05) is 18.0 Å². The molecule has 140 valence electrons. The van der Waals surface area contributed by atoms with Crippen molar-refractivity contribution < 1.29 is 23.5 Å². The first-order valence-corrected chi connectivity index (χ1v) is 8.69. The first kappa shape index (κ1) is 17.1. The largest absolute Gasteiger partial charge is 0.477 e. The average molecular weight is 369 g/mol. The van der Waals surface area contributed by atoms with Crippen LogP contribution in [0.5, 0.6) is 5.75 Å². The molecule has 2 aromatic rings. The Bertz CT molecular complexity index is 879. The number of fused-ring (bicyclic) bond motifs is 1. The second-order valence-corrected chi connectivity index (χ2v) is 6.68. The highest BCUT2D eigenvalue weighted by molar-refractivity contribution is 6.01. The summed E-state index contributed by atoms with van der Waals surface area (Å²) >= 11 is 0. The smallest absolute Gasteiger partial charge is 0.260 e. The maximum Gasteiger partial charge on any atom is 0.260 e. The molecule has 0 saturated carbocycles. The van der Waals surface area contributed by atoms with Crippen LogP contribution in [0.1, 0.15) is 12.2 Å². The molecule has 2 atom stereocenters. The lowest BCUT2D eigenvalue weighted by Crippen LogP contribution is -2.51. The number of primary amides is 1. The molecule has 1 aromatic carbocycles. The van der Waals surface area contributed by atoms with Crippen LogP contribution in [0.4, 0.5) is 5.69 Å². The number of furan rings is 1. The monoisotopic (exact) mass is 369 g/mol. The molecule has 2 aliphatic rings. The Labute approximate surface area is 155 Å². The Morgan fingerprint density at radius 2 is 1.96 bits per heavy atom. The number of para-hydroxylation sites is 2. The molecule has 4 rings (SSSR count).